The fourth-order valence-corrected chi connectivity index (χ4v) is 4.11. The number of hydrogen-bond donors (Lipinski definition) is 2. The van der Waals surface area contributed by atoms with Crippen molar-refractivity contribution in [1.82, 2.24) is 9.97 Å². The summed E-state index contributed by atoms with van der Waals surface area (Å²) in [7, 11) is 0. The number of aromatic amines is 1. The fourth-order valence-electron chi connectivity index (χ4n) is 3.99. The smallest absolute Gasteiger partial charge is 0.144 e. The molecule has 2 aromatic rings. The summed E-state index contributed by atoms with van der Waals surface area (Å²) in [5.41, 5.74) is 9.61. The van der Waals surface area contributed by atoms with Crippen molar-refractivity contribution in [2.24, 2.45) is 11.1 Å². The predicted octanol–water partition coefficient (Wildman–Crippen LogP) is 2.98. The Morgan fingerprint density at radius 3 is 2.73 bits per heavy atom. The Morgan fingerprint density at radius 1 is 1.27 bits per heavy atom. The predicted molar refractivity (Wildman–Crippen MR) is 90.4 cm³/mol. The third kappa shape index (κ3) is 2.16. The third-order valence-corrected chi connectivity index (χ3v) is 5.56. The molecule has 1 atom stereocenters. The molecule has 3 N–H and O–H groups in total. The van der Waals surface area contributed by atoms with E-state index in [1.165, 1.54) is 11.1 Å². The molecule has 0 unspecified atom stereocenters. The highest BCUT2D eigenvalue weighted by atomic mass is 32.1. The summed E-state index contributed by atoms with van der Waals surface area (Å²) in [6, 6.07) is 8.81. The van der Waals surface area contributed by atoms with Gasteiger partial charge >= 0.3 is 0 Å². The summed E-state index contributed by atoms with van der Waals surface area (Å²) in [6.07, 6.45) is 6.96. The van der Waals surface area contributed by atoms with E-state index >= 15 is 0 Å². The number of nitrogens with zero attached hydrogens (tertiary/aromatic N) is 2. The van der Waals surface area contributed by atoms with Gasteiger partial charge in [0.25, 0.3) is 0 Å². The van der Waals surface area contributed by atoms with E-state index in [0.29, 0.717) is 4.64 Å². The Bertz CT molecular complexity index is 726. The van der Waals surface area contributed by atoms with Crippen LogP contribution in [0.3, 0.4) is 0 Å². The zero-order chi connectivity index (χ0) is 15.2. The molecule has 4 rings (SSSR count). The fraction of sp³-hybridized carbons (Fsp3) is 0.412. The Kier molecular flexibility index (Phi) is 3.27. The molecule has 22 heavy (non-hydrogen) atoms. The Balaban J connectivity index is 1.53. The summed E-state index contributed by atoms with van der Waals surface area (Å²) in [6.45, 7) is 2.00. The second kappa shape index (κ2) is 5.18. The number of rotatable bonds is 1. The molecule has 0 saturated carbocycles. The zero-order valence-corrected chi connectivity index (χ0v) is 13.3. The van der Waals surface area contributed by atoms with Crippen molar-refractivity contribution in [2.45, 2.75) is 25.3 Å². The number of aromatic nitrogens is 2. The van der Waals surface area contributed by atoms with Crippen molar-refractivity contribution in [1.29, 1.82) is 0 Å². The van der Waals surface area contributed by atoms with E-state index in [9.17, 15) is 0 Å². The largest absolute Gasteiger partial charge is 0.355 e. The van der Waals surface area contributed by atoms with Crippen molar-refractivity contribution in [3.05, 3.63) is 52.4 Å². The van der Waals surface area contributed by atoms with Gasteiger partial charge in [0.2, 0.25) is 0 Å². The normalized spacial score (nSPS) is 22.8. The minimum atomic E-state index is 0.167. The number of H-pyrrole nitrogens is 1. The molecule has 1 spiro atoms. The maximum atomic E-state index is 6.61. The number of nitrogens with two attached hydrogens (primary N) is 1. The van der Waals surface area contributed by atoms with Crippen LogP contribution in [0.1, 0.15) is 30.0 Å². The van der Waals surface area contributed by atoms with Crippen LogP contribution in [-0.4, -0.2) is 23.1 Å². The monoisotopic (exact) mass is 312 g/mol. The molecule has 114 valence electrons. The molecule has 1 saturated heterocycles. The molecule has 1 aromatic heterocycles. The van der Waals surface area contributed by atoms with Gasteiger partial charge < -0.3 is 15.6 Å². The molecule has 0 radical (unpaired) electrons. The second-order valence-electron chi connectivity index (χ2n) is 6.47. The van der Waals surface area contributed by atoms with Crippen LogP contribution in [-0.2, 0) is 6.42 Å². The third-order valence-electron chi connectivity index (χ3n) is 5.33. The lowest BCUT2D eigenvalue weighted by Crippen LogP contribution is -2.44. The van der Waals surface area contributed by atoms with Crippen LogP contribution in [0.4, 0.5) is 5.82 Å². The first-order valence-electron chi connectivity index (χ1n) is 7.81. The molecule has 0 bridgehead atoms. The summed E-state index contributed by atoms with van der Waals surface area (Å²) < 4.78 is 0.672. The number of benzene rings is 1. The first-order valence-corrected chi connectivity index (χ1v) is 8.22. The Morgan fingerprint density at radius 2 is 2.05 bits per heavy atom. The van der Waals surface area contributed by atoms with E-state index in [-0.39, 0.29) is 11.5 Å². The summed E-state index contributed by atoms with van der Waals surface area (Å²) in [4.78, 5) is 9.83. The Labute approximate surface area is 135 Å². The highest BCUT2D eigenvalue weighted by Gasteiger charge is 2.45. The molecule has 4 nitrogen and oxygen atoms in total. The van der Waals surface area contributed by atoms with Gasteiger partial charge in [0.05, 0.1) is 6.20 Å². The average molecular weight is 312 g/mol. The van der Waals surface area contributed by atoms with Crippen molar-refractivity contribution in [2.75, 3.05) is 18.0 Å². The molecule has 1 aromatic carbocycles. The number of nitrogens with one attached hydrogen (secondary N) is 1. The lowest BCUT2D eigenvalue weighted by Gasteiger charge is -2.42. The van der Waals surface area contributed by atoms with Crippen molar-refractivity contribution in [3.8, 4) is 0 Å². The van der Waals surface area contributed by atoms with Gasteiger partial charge in [0.1, 0.15) is 10.5 Å². The van der Waals surface area contributed by atoms with E-state index in [4.69, 9.17) is 18.0 Å². The van der Waals surface area contributed by atoms with Gasteiger partial charge in [-0.05, 0) is 35.8 Å². The van der Waals surface area contributed by atoms with Crippen LogP contribution in [0.5, 0.6) is 0 Å². The molecule has 2 heterocycles. The topological polar surface area (TPSA) is 57.9 Å². The van der Waals surface area contributed by atoms with Crippen LogP contribution in [0.25, 0.3) is 0 Å². The van der Waals surface area contributed by atoms with Crippen LogP contribution in [0.15, 0.2) is 36.7 Å². The van der Waals surface area contributed by atoms with Crippen molar-refractivity contribution >= 4 is 18.0 Å². The minimum Gasteiger partial charge on any atom is -0.355 e. The SMILES string of the molecule is N[C@@H]1c2ccccc2CC12CCN(c1c[nH]c(=S)cn1)CC2. The molecule has 1 fully saturated rings. The first kappa shape index (κ1) is 13.9. The van der Waals surface area contributed by atoms with Gasteiger partial charge in [-0.2, -0.15) is 0 Å². The first-order chi connectivity index (χ1) is 10.7. The highest BCUT2D eigenvalue weighted by Crippen LogP contribution is 2.50. The zero-order valence-electron chi connectivity index (χ0n) is 12.5. The number of hydrogen-bond acceptors (Lipinski definition) is 4. The second-order valence-corrected chi connectivity index (χ2v) is 6.91. The molecule has 2 aliphatic rings. The number of piperidine rings is 1. The van der Waals surface area contributed by atoms with Crippen molar-refractivity contribution < 1.29 is 0 Å². The lowest BCUT2D eigenvalue weighted by atomic mass is 9.73. The van der Waals surface area contributed by atoms with E-state index < -0.39 is 0 Å². The van der Waals surface area contributed by atoms with E-state index in [2.05, 4.69) is 39.1 Å². The molecule has 1 aliphatic heterocycles. The summed E-state index contributed by atoms with van der Waals surface area (Å²) in [5.74, 6) is 0.979. The van der Waals surface area contributed by atoms with Gasteiger partial charge in [0.15, 0.2) is 0 Å². The van der Waals surface area contributed by atoms with Gasteiger partial charge in [-0.15, -0.1) is 0 Å². The Hall–Kier alpha value is -1.72. The molecule has 5 heteroatoms. The number of fused-ring (bicyclic) bond motifs is 1. The minimum absolute atomic E-state index is 0.167. The molecular weight excluding hydrogens is 292 g/mol. The maximum Gasteiger partial charge on any atom is 0.144 e. The standard InChI is InChI=1S/C17H20N4S/c18-16-13-4-2-1-3-12(13)9-17(16)5-7-21(8-6-17)14-10-20-15(22)11-19-14/h1-4,10-11,16H,5-9,18H2,(H,20,22)/t16-/m1/s1. The quantitative estimate of drug-likeness (QED) is 0.795. The van der Waals surface area contributed by atoms with Crippen LogP contribution in [0, 0.1) is 10.1 Å². The van der Waals surface area contributed by atoms with E-state index in [0.717, 1.165) is 38.2 Å². The van der Waals surface area contributed by atoms with Gasteiger partial charge in [0, 0.05) is 25.3 Å². The van der Waals surface area contributed by atoms with Crippen LogP contribution in [0.2, 0.25) is 0 Å². The summed E-state index contributed by atoms with van der Waals surface area (Å²) >= 11 is 5.06. The van der Waals surface area contributed by atoms with Gasteiger partial charge in [-0.25, -0.2) is 4.98 Å². The van der Waals surface area contributed by atoms with Crippen LogP contribution < -0.4 is 10.6 Å². The number of anilines is 1. The van der Waals surface area contributed by atoms with Crippen LogP contribution >= 0.6 is 12.2 Å². The summed E-state index contributed by atoms with van der Waals surface area (Å²) in [5, 5.41) is 0. The van der Waals surface area contributed by atoms with Gasteiger partial charge in [-0.1, -0.05) is 36.5 Å². The van der Waals surface area contributed by atoms with Gasteiger partial charge in [-0.3, -0.25) is 0 Å². The molecule has 1 aliphatic carbocycles. The lowest BCUT2D eigenvalue weighted by molar-refractivity contribution is 0.187. The highest BCUT2D eigenvalue weighted by molar-refractivity contribution is 7.71. The average Bonchev–Trinajstić information content (AvgIpc) is 2.82. The van der Waals surface area contributed by atoms with E-state index in [1.807, 2.05) is 6.20 Å². The van der Waals surface area contributed by atoms with E-state index in [1.54, 1.807) is 6.20 Å². The van der Waals surface area contributed by atoms with Crippen molar-refractivity contribution in [3.63, 3.8) is 0 Å². The molecular formula is C17H20N4S. The maximum absolute atomic E-state index is 6.61. The molecule has 0 amide bonds.